The fraction of sp³-hybridized carbons (Fsp3) is 0.500. The van der Waals surface area contributed by atoms with E-state index in [1.165, 1.54) is 6.92 Å². The summed E-state index contributed by atoms with van der Waals surface area (Å²) in [5.74, 6) is -5.93. The molecule has 0 aliphatic rings. The summed E-state index contributed by atoms with van der Waals surface area (Å²) in [4.78, 5) is 60.7. The van der Waals surface area contributed by atoms with Crippen molar-refractivity contribution in [2.75, 3.05) is 0 Å². The van der Waals surface area contributed by atoms with E-state index in [0.29, 0.717) is 5.56 Å². The molecule has 3 amide bonds. The predicted octanol–water partition coefficient (Wildman–Crippen LogP) is -1.39. The lowest BCUT2D eigenvalue weighted by molar-refractivity contribution is -0.144. The second kappa shape index (κ2) is 13.3. The van der Waals surface area contributed by atoms with Gasteiger partial charge in [0.25, 0.3) is 0 Å². The number of nitrogens with one attached hydrogen (secondary N) is 3. The van der Waals surface area contributed by atoms with Crippen LogP contribution in [0, 0.1) is 5.92 Å². The van der Waals surface area contributed by atoms with E-state index in [9.17, 15) is 39.3 Å². The van der Waals surface area contributed by atoms with Gasteiger partial charge in [-0.3, -0.25) is 19.2 Å². The number of aliphatic hydroxyl groups is 1. The number of rotatable bonds is 13. The minimum absolute atomic E-state index is 0.0178. The molecule has 5 unspecified atom stereocenters. The summed E-state index contributed by atoms with van der Waals surface area (Å²) in [6.45, 7) is 4.42. The monoisotopic (exact) mass is 480 g/mol. The first-order valence-electron chi connectivity index (χ1n) is 10.7. The van der Waals surface area contributed by atoms with Crippen molar-refractivity contribution in [3.8, 4) is 0 Å². The summed E-state index contributed by atoms with van der Waals surface area (Å²) in [7, 11) is 0. The highest BCUT2D eigenvalue weighted by Crippen LogP contribution is 2.07. The third kappa shape index (κ3) is 9.16. The van der Waals surface area contributed by atoms with Crippen molar-refractivity contribution in [1.29, 1.82) is 0 Å². The van der Waals surface area contributed by atoms with E-state index in [0.717, 1.165) is 0 Å². The van der Waals surface area contributed by atoms with Gasteiger partial charge in [0.15, 0.2) is 0 Å². The highest BCUT2D eigenvalue weighted by molar-refractivity contribution is 5.95. The number of benzene rings is 1. The number of carboxylic acid groups (broad SMARTS) is 2. The SMILES string of the molecule is CC(C)C(NC(=O)C(CC(=O)O)NC(=O)C(Cc1ccccc1)NC(=O)C(N)C(C)O)C(=O)O. The van der Waals surface area contributed by atoms with Gasteiger partial charge in [-0.25, -0.2) is 4.79 Å². The number of aliphatic carboxylic acids is 2. The maximum Gasteiger partial charge on any atom is 0.326 e. The first kappa shape index (κ1) is 28.5. The normalized spacial score (nSPS) is 15.4. The van der Waals surface area contributed by atoms with E-state index in [1.54, 1.807) is 44.2 Å². The van der Waals surface area contributed by atoms with Crippen LogP contribution in [0.1, 0.15) is 32.8 Å². The lowest BCUT2D eigenvalue weighted by Crippen LogP contribution is -2.59. The minimum atomic E-state index is -1.61. The van der Waals surface area contributed by atoms with Crippen LogP contribution in [-0.4, -0.2) is 75.3 Å². The van der Waals surface area contributed by atoms with Gasteiger partial charge in [0, 0.05) is 6.42 Å². The molecule has 12 nitrogen and oxygen atoms in total. The molecule has 0 saturated carbocycles. The predicted molar refractivity (Wildman–Crippen MR) is 120 cm³/mol. The van der Waals surface area contributed by atoms with Crippen LogP contribution in [0.4, 0.5) is 0 Å². The fourth-order valence-electron chi connectivity index (χ4n) is 2.97. The van der Waals surface area contributed by atoms with E-state index in [-0.39, 0.29) is 6.42 Å². The molecular weight excluding hydrogens is 448 g/mol. The summed E-state index contributed by atoms with van der Waals surface area (Å²) in [6, 6.07) is 3.08. The van der Waals surface area contributed by atoms with Crippen LogP contribution in [0.5, 0.6) is 0 Å². The van der Waals surface area contributed by atoms with E-state index in [2.05, 4.69) is 16.0 Å². The number of hydrogen-bond donors (Lipinski definition) is 7. The zero-order chi connectivity index (χ0) is 26.0. The zero-order valence-corrected chi connectivity index (χ0v) is 19.2. The molecule has 34 heavy (non-hydrogen) atoms. The van der Waals surface area contributed by atoms with Gasteiger partial charge in [-0.05, 0) is 18.4 Å². The van der Waals surface area contributed by atoms with Crippen LogP contribution in [-0.2, 0) is 30.4 Å². The van der Waals surface area contributed by atoms with E-state index in [1.807, 2.05) is 0 Å². The van der Waals surface area contributed by atoms with Crippen molar-refractivity contribution in [3.63, 3.8) is 0 Å². The average molecular weight is 481 g/mol. The van der Waals surface area contributed by atoms with Crippen molar-refractivity contribution in [1.82, 2.24) is 16.0 Å². The quantitative estimate of drug-likeness (QED) is 0.177. The van der Waals surface area contributed by atoms with Crippen LogP contribution in [0.3, 0.4) is 0 Å². The van der Waals surface area contributed by atoms with Gasteiger partial charge in [-0.15, -0.1) is 0 Å². The molecule has 0 aromatic heterocycles. The van der Waals surface area contributed by atoms with E-state index in [4.69, 9.17) is 5.73 Å². The molecule has 0 aliphatic carbocycles. The Morgan fingerprint density at radius 1 is 0.853 bits per heavy atom. The Kier molecular flexibility index (Phi) is 11.1. The molecule has 0 fully saturated rings. The van der Waals surface area contributed by atoms with Crippen molar-refractivity contribution in [3.05, 3.63) is 35.9 Å². The molecule has 0 radical (unpaired) electrons. The van der Waals surface area contributed by atoms with Crippen molar-refractivity contribution < 1.29 is 39.3 Å². The molecule has 1 aromatic rings. The molecule has 8 N–H and O–H groups in total. The van der Waals surface area contributed by atoms with Gasteiger partial charge in [-0.1, -0.05) is 44.2 Å². The molecular formula is C22H32N4O8. The van der Waals surface area contributed by atoms with Gasteiger partial charge in [-0.2, -0.15) is 0 Å². The largest absolute Gasteiger partial charge is 0.481 e. The maximum absolute atomic E-state index is 13.0. The number of nitrogens with two attached hydrogens (primary N) is 1. The molecule has 0 bridgehead atoms. The second-order valence-electron chi connectivity index (χ2n) is 8.24. The minimum Gasteiger partial charge on any atom is -0.481 e. The second-order valence-corrected chi connectivity index (χ2v) is 8.24. The van der Waals surface area contributed by atoms with Crippen LogP contribution < -0.4 is 21.7 Å². The van der Waals surface area contributed by atoms with Crippen LogP contribution in [0.25, 0.3) is 0 Å². The Morgan fingerprint density at radius 3 is 1.85 bits per heavy atom. The third-order valence-electron chi connectivity index (χ3n) is 4.98. The number of hydrogen-bond acceptors (Lipinski definition) is 7. The maximum atomic E-state index is 13.0. The third-order valence-corrected chi connectivity index (χ3v) is 4.98. The Labute approximate surface area is 196 Å². The molecule has 1 aromatic carbocycles. The molecule has 188 valence electrons. The molecule has 1 rings (SSSR count). The molecule has 12 heteroatoms. The first-order valence-corrected chi connectivity index (χ1v) is 10.7. The van der Waals surface area contributed by atoms with Crippen molar-refractivity contribution in [2.24, 2.45) is 11.7 Å². The van der Waals surface area contributed by atoms with Crippen LogP contribution in [0.2, 0.25) is 0 Å². The summed E-state index contributed by atoms with van der Waals surface area (Å²) in [5.41, 5.74) is 6.29. The summed E-state index contributed by atoms with van der Waals surface area (Å²) in [5, 5.41) is 35.0. The first-order chi connectivity index (χ1) is 15.8. The summed E-state index contributed by atoms with van der Waals surface area (Å²) < 4.78 is 0. The van der Waals surface area contributed by atoms with Crippen molar-refractivity contribution >= 4 is 29.7 Å². The topological polar surface area (TPSA) is 208 Å². The zero-order valence-electron chi connectivity index (χ0n) is 19.2. The number of carboxylic acids is 2. The Bertz CT molecular complexity index is 875. The van der Waals surface area contributed by atoms with Gasteiger partial charge in [0.05, 0.1) is 12.5 Å². The lowest BCUT2D eigenvalue weighted by atomic mass is 10.0. The molecule has 0 saturated heterocycles. The average Bonchev–Trinajstić information content (AvgIpc) is 2.75. The highest BCUT2D eigenvalue weighted by atomic mass is 16.4. The molecule has 0 heterocycles. The summed E-state index contributed by atoms with van der Waals surface area (Å²) in [6.07, 6.45) is -2.04. The molecule has 5 atom stereocenters. The number of carbonyl (C=O) groups is 5. The Hall–Kier alpha value is -3.51. The van der Waals surface area contributed by atoms with Crippen molar-refractivity contribution in [2.45, 2.75) is 63.9 Å². The fourth-order valence-corrected chi connectivity index (χ4v) is 2.97. The molecule has 0 spiro atoms. The van der Waals surface area contributed by atoms with E-state index < -0.39 is 72.3 Å². The van der Waals surface area contributed by atoms with Gasteiger partial charge in [0.1, 0.15) is 24.2 Å². The molecule has 0 aliphatic heterocycles. The van der Waals surface area contributed by atoms with Gasteiger partial charge < -0.3 is 37.0 Å². The number of amides is 3. The highest BCUT2D eigenvalue weighted by Gasteiger charge is 2.33. The Morgan fingerprint density at radius 2 is 1.38 bits per heavy atom. The van der Waals surface area contributed by atoms with E-state index >= 15 is 0 Å². The smallest absolute Gasteiger partial charge is 0.326 e. The standard InChI is InChI=1S/C22H32N4O8/c1-11(2)18(22(33)34)26-20(31)15(10-16(28)29)24-19(30)14(9-13-7-5-4-6-8-13)25-21(32)17(23)12(3)27/h4-8,11-12,14-15,17-18,27H,9-10,23H2,1-3H3,(H,24,30)(H,25,32)(H,26,31)(H,28,29)(H,33,34). The number of aliphatic hydroxyl groups excluding tert-OH is 1. The van der Waals surface area contributed by atoms with Gasteiger partial charge >= 0.3 is 11.9 Å². The van der Waals surface area contributed by atoms with Crippen LogP contribution in [0.15, 0.2) is 30.3 Å². The Balaban J connectivity index is 3.12. The summed E-state index contributed by atoms with van der Waals surface area (Å²) >= 11 is 0. The van der Waals surface area contributed by atoms with Gasteiger partial charge in [0.2, 0.25) is 17.7 Å². The van der Waals surface area contributed by atoms with Crippen LogP contribution >= 0.6 is 0 Å². The number of carbonyl (C=O) groups excluding carboxylic acids is 3. The lowest BCUT2D eigenvalue weighted by Gasteiger charge is -2.25.